The Morgan fingerprint density at radius 2 is 2.00 bits per heavy atom. The average molecular weight is 238 g/mol. The Bertz CT molecular complexity index is 352. The summed E-state index contributed by atoms with van der Waals surface area (Å²) in [6.45, 7) is 9.48. The summed E-state index contributed by atoms with van der Waals surface area (Å²) < 4.78 is 5.43. The highest BCUT2D eigenvalue weighted by Crippen LogP contribution is 2.14. The van der Waals surface area contributed by atoms with Crippen molar-refractivity contribution >= 4 is 11.6 Å². The number of nitrogens with zero attached hydrogens (tertiary/aromatic N) is 2. The first-order valence-corrected chi connectivity index (χ1v) is 5.99. The molecular formula is C12H22N4O. The van der Waals surface area contributed by atoms with E-state index in [1.165, 1.54) is 0 Å². The van der Waals surface area contributed by atoms with E-state index in [1.54, 1.807) is 6.07 Å². The fourth-order valence-electron chi connectivity index (χ4n) is 1.31. The minimum Gasteiger partial charge on any atom is -0.384 e. The molecule has 0 saturated carbocycles. The van der Waals surface area contributed by atoms with Gasteiger partial charge in [-0.2, -0.15) is 0 Å². The van der Waals surface area contributed by atoms with E-state index in [0.717, 1.165) is 11.6 Å². The second-order valence-electron chi connectivity index (χ2n) is 4.54. The van der Waals surface area contributed by atoms with Gasteiger partial charge < -0.3 is 15.8 Å². The van der Waals surface area contributed by atoms with Gasteiger partial charge in [-0.15, -0.1) is 0 Å². The van der Waals surface area contributed by atoms with Crippen LogP contribution in [0.2, 0.25) is 0 Å². The molecule has 0 unspecified atom stereocenters. The summed E-state index contributed by atoms with van der Waals surface area (Å²) in [5.74, 6) is 2.28. The van der Waals surface area contributed by atoms with Crippen molar-refractivity contribution in [1.82, 2.24) is 9.97 Å². The molecule has 0 aromatic carbocycles. The maximum absolute atomic E-state index is 5.73. The molecule has 0 spiro atoms. The fourth-order valence-corrected chi connectivity index (χ4v) is 1.31. The minimum atomic E-state index is 0.249. The molecule has 96 valence electrons. The van der Waals surface area contributed by atoms with Gasteiger partial charge in [-0.3, -0.25) is 0 Å². The number of hydrogen-bond acceptors (Lipinski definition) is 5. The molecule has 1 rings (SSSR count). The Hall–Kier alpha value is -1.36. The van der Waals surface area contributed by atoms with Crippen molar-refractivity contribution in [2.24, 2.45) is 0 Å². The van der Waals surface area contributed by atoms with Gasteiger partial charge in [-0.1, -0.05) is 13.8 Å². The minimum absolute atomic E-state index is 0.249. The van der Waals surface area contributed by atoms with Crippen LogP contribution >= 0.6 is 0 Å². The third kappa shape index (κ3) is 4.99. The molecule has 0 bridgehead atoms. The lowest BCUT2D eigenvalue weighted by Gasteiger charge is -2.11. The molecule has 1 aromatic heterocycles. The molecule has 0 aliphatic heterocycles. The zero-order chi connectivity index (χ0) is 12.8. The SMILES string of the molecule is CC(C)OCCNc1cc(N)nc(C(C)C)n1. The first-order valence-electron chi connectivity index (χ1n) is 5.99. The summed E-state index contributed by atoms with van der Waals surface area (Å²) in [5, 5.41) is 3.18. The maximum Gasteiger partial charge on any atom is 0.135 e. The van der Waals surface area contributed by atoms with Crippen LogP contribution in [0.25, 0.3) is 0 Å². The topological polar surface area (TPSA) is 73.1 Å². The number of anilines is 2. The number of nitrogens with one attached hydrogen (secondary N) is 1. The van der Waals surface area contributed by atoms with E-state index in [1.807, 2.05) is 27.7 Å². The number of rotatable bonds is 6. The molecule has 0 saturated heterocycles. The first kappa shape index (κ1) is 13.7. The zero-order valence-corrected chi connectivity index (χ0v) is 11.0. The van der Waals surface area contributed by atoms with Crippen LogP contribution in [0.3, 0.4) is 0 Å². The molecule has 3 N–H and O–H groups in total. The molecule has 0 radical (unpaired) electrons. The molecule has 1 aromatic rings. The molecule has 0 aliphatic carbocycles. The van der Waals surface area contributed by atoms with Gasteiger partial charge in [0.15, 0.2) is 0 Å². The largest absolute Gasteiger partial charge is 0.384 e. The lowest BCUT2D eigenvalue weighted by Crippen LogP contribution is -2.15. The predicted octanol–water partition coefficient (Wildman–Crippen LogP) is 2.02. The molecule has 1 heterocycles. The lowest BCUT2D eigenvalue weighted by atomic mass is 10.2. The van der Waals surface area contributed by atoms with Gasteiger partial charge in [0.05, 0.1) is 12.7 Å². The third-order valence-corrected chi connectivity index (χ3v) is 2.14. The third-order valence-electron chi connectivity index (χ3n) is 2.14. The van der Waals surface area contributed by atoms with Crippen LogP contribution in [0, 0.1) is 0 Å². The van der Waals surface area contributed by atoms with E-state index in [-0.39, 0.29) is 12.0 Å². The van der Waals surface area contributed by atoms with Crippen molar-refractivity contribution in [3.05, 3.63) is 11.9 Å². The number of nitrogen functional groups attached to an aromatic ring is 1. The molecule has 0 aliphatic rings. The van der Waals surface area contributed by atoms with Gasteiger partial charge in [0.1, 0.15) is 17.5 Å². The van der Waals surface area contributed by atoms with Gasteiger partial charge in [-0.25, -0.2) is 9.97 Å². The highest BCUT2D eigenvalue weighted by molar-refractivity contribution is 5.44. The number of ether oxygens (including phenoxy) is 1. The van der Waals surface area contributed by atoms with E-state index in [9.17, 15) is 0 Å². The Labute approximate surface area is 103 Å². The van der Waals surface area contributed by atoms with Crippen LogP contribution in [0.1, 0.15) is 39.4 Å². The summed E-state index contributed by atoms with van der Waals surface area (Å²) in [6.07, 6.45) is 0.249. The van der Waals surface area contributed by atoms with Crippen LogP contribution in [0.5, 0.6) is 0 Å². The molecule has 5 heteroatoms. The van der Waals surface area contributed by atoms with E-state index < -0.39 is 0 Å². The predicted molar refractivity (Wildman–Crippen MR) is 70.1 cm³/mol. The summed E-state index contributed by atoms with van der Waals surface area (Å²) in [5.41, 5.74) is 5.73. The summed E-state index contributed by atoms with van der Waals surface area (Å²) in [4.78, 5) is 8.58. The van der Waals surface area contributed by atoms with E-state index in [2.05, 4.69) is 15.3 Å². The maximum atomic E-state index is 5.73. The summed E-state index contributed by atoms with van der Waals surface area (Å²) >= 11 is 0. The van der Waals surface area contributed by atoms with Crippen molar-refractivity contribution in [3.63, 3.8) is 0 Å². The Kier molecular flexibility index (Phi) is 5.15. The standard InChI is InChI=1S/C12H22N4O/c1-8(2)12-15-10(13)7-11(16-12)14-5-6-17-9(3)4/h7-9H,5-6H2,1-4H3,(H3,13,14,15,16). The second kappa shape index (κ2) is 6.39. The normalized spacial score (nSPS) is 11.2. The van der Waals surface area contributed by atoms with Gasteiger partial charge in [0.2, 0.25) is 0 Å². The average Bonchev–Trinajstić information content (AvgIpc) is 2.23. The number of nitrogens with two attached hydrogens (primary N) is 1. The van der Waals surface area contributed by atoms with Crippen molar-refractivity contribution in [1.29, 1.82) is 0 Å². The zero-order valence-electron chi connectivity index (χ0n) is 11.0. The molecule has 0 amide bonds. The first-order chi connectivity index (χ1) is 7.99. The van der Waals surface area contributed by atoms with E-state index in [0.29, 0.717) is 19.0 Å². The highest BCUT2D eigenvalue weighted by Gasteiger charge is 2.06. The van der Waals surface area contributed by atoms with Crippen molar-refractivity contribution in [2.75, 3.05) is 24.2 Å². The molecule has 0 atom stereocenters. The van der Waals surface area contributed by atoms with Gasteiger partial charge in [0.25, 0.3) is 0 Å². The van der Waals surface area contributed by atoms with Crippen LogP contribution in [-0.4, -0.2) is 29.2 Å². The van der Waals surface area contributed by atoms with Crippen LogP contribution < -0.4 is 11.1 Å². The van der Waals surface area contributed by atoms with Crippen LogP contribution in [0.4, 0.5) is 11.6 Å². The van der Waals surface area contributed by atoms with Gasteiger partial charge in [-0.05, 0) is 13.8 Å². The molecule has 17 heavy (non-hydrogen) atoms. The summed E-state index contributed by atoms with van der Waals surface area (Å²) in [6, 6.07) is 1.74. The van der Waals surface area contributed by atoms with E-state index in [4.69, 9.17) is 10.5 Å². The number of hydrogen-bond donors (Lipinski definition) is 2. The summed E-state index contributed by atoms with van der Waals surface area (Å²) in [7, 11) is 0. The van der Waals surface area contributed by atoms with Crippen LogP contribution in [-0.2, 0) is 4.74 Å². The second-order valence-corrected chi connectivity index (χ2v) is 4.54. The van der Waals surface area contributed by atoms with Crippen LogP contribution in [0.15, 0.2) is 6.07 Å². The van der Waals surface area contributed by atoms with Gasteiger partial charge >= 0.3 is 0 Å². The van der Waals surface area contributed by atoms with Gasteiger partial charge in [0, 0.05) is 18.5 Å². The quantitative estimate of drug-likeness (QED) is 0.742. The molecular weight excluding hydrogens is 216 g/mol. The molecule has 5 nitrogen and oxygen atoms in total. The van der Waals surface area contributed by atoms with Crippen molar-refractivity contribution < 1.29 is 4.74 Å². The lowest BCUT2D eigenvalue weighted by molar-refractivity contribution is 0.0870. The highest BCUT2D eigenvalue weighted by atomic mass is 16.5. The Morgan fingerprint density at radius 3 is 2.59 bits per heavy atom. The smallest absolute Gasteiger partial charge is 0.135 e. The Balaban J connectivity index is 2.53. The monoisotopic (exact) mass is 238 g/mol. The fraction of sp³-hybridized carbons (Fsp3) is 0.667. The van der Waals surface area contributed by atoms with Crippen molar-refractivity contribution in [2.45, 2.75) is 39.7 Å². The Morgan fingerprint density at radius 1 is 1.29 bits per heavy atom. The van der Waals surface area contributed by atoms with Crippen molar-refractivity contribution in [3.8, 4) is 0 Å². The van der Waals surface area contributed by atoms with E-state index >= 15 is 0 Å². The molecule has 0 fully saturated rings. The number of aromatic nitrogens is 2.